The van der Waals surface area contributed by atoms with Gasteiger partial charge in [0.1, 0.15) is 5.69 Å². The normalized spacial score (nSPS) is 16.9. The van der Waals surface area contributed by atoms with Crippen molar-refractivity contribution in [1.82, 2.24) is 9.47 Å². The van der Waals surface area contributed by atoms with Gasteiger partial charge in [-0.15, -0.1) is 0 Å². The zero-order valence-electron chi connectivity index (χ0n) is 21.1. The van der Waals surface area contributed by atoms with Crippen molar-refractivity contribution in [3.8, 4) is 5.69 Å². The first-order chi connectivity index (χ1) is 17.7. The van der Waals surface area contributed by atoms with Crippen LogP contribution in [0.1, 0.15) is 40.9 Å². The summed E-state index contributed by atoms with van der Waals surface area (Å²) in [5.41, 5.74) is 5.92. The molecular formula is C28H28N4O4S. The number of carbonyl (C=O) groups excluding carboxylic acids is 2. The van der Waals surface area contributed by atoms with Crippen LogP contribution in [0.2, 0.25) is 0 Å². The minimum Gasteiger partial charge on any atom is -0.366 e. The summed E-state index contributed by atoms with van der Waals surface area (Å²) in [4.78, 5) is 41.0. The van der Waals surface area contributed by atoms with Crippen molar-refractivity contribution in [2.45, 2.75) is 40.2 Å². The SMILES string of the molecule is Cc1cccc(CN2C(=O)S/C(=C\c3cc(C)n(-c4ccc(N5CCCC5)c([N+](=O)[O-])c4)c3C)C2=O)c1. The highest BCUT2D eigenvalue weighted by Gasteiger charge is 2.35. The molecule has 0 aliphatic carbocycles. The summed E-state index contributed by atoms with van der Waals surface area (Å²) in [6, 6.07) is 15.0. The molecule has 2 aliphatic heterocycles. The Bertz CT molecular complexity index is 1450. The Balaban J connectivity index is 1.45. The van der Waals surface area contributed by atoms with E-state index < -0.39 is 0 Å². The predicted octanol–water partition coefficient (Wildman–Crippen LogP) is 6.15. The fraction of sp³-hybridized carbons (Fsp3) is 0.286. The zero-order chi connectivity index (χ0) is 26.3. The Morgan fingerprint density at radius 2 is 1.78 bits per heavy atom. The third-order valence-corrected chi connectivity index (χ3v) is 7.82. The van der Waals surface area contributed by atoms with Gasteiger partial charge in [0.15, 0.2) is 0 Å². The number of anilines is 1. The fourth-order valence-electron chi connectivity index (χ4n) is 5.12. The second kappa shape index (κ2) is 9.89. The molecule has 37 heavy (non-hydrogen) atoms. The minimum absolute atomic E-state index is 0.0886. The number of aryl methyl sites for hydroxylation is 2. The summed E-state index contributed by atoms with van der Waals surface area (Å²) >= 11 is 0.937. The first-order valence-corrected chi connectivity index (χ1v) is 13.1. The van der Waals surface area contributed by atoms with Crippen LogP contribution in [0.4, 0.5) is 16.2 Å². The molecule has 0 atom stereocenters. The molecule has 0 bridgehead atoms. The summed E-state index contributed by atoms with van der Waals surface area (Å²) < 4.78 is 1.95. The molecule has 2 aliphatic rings. The van der Waals surface area contributed by atoms with Gasteiger partial charge >= 0.3 is 0 Å². The monoisotopic (exact) mass is 516 g/mol. The lowest BCUT2D eigenvalue weighted by atomic mass is 10.1. The number of aromatic nitrogens is 1. The number of hydrogen-bond acceptors (Lipinski definition) is 6. The van der Waals surface area contributed by atoms with Crippen molar-refractivity contribution in [2.24, 2.45) is 0 Å². The van der Waals surface area contributed by atoms with E-state index in [9.17, 15) is 19.7 Å². The molecule has 2 fully saturated rings. The van der Waals surface area contributed by atoms with Crippen LogP contribution in [0.5, 0.6) is 0 Å². The predicted molar refractivity (Wildman–Crippen MR) is 146 cm³/mol. The average Bonchev–Trinajstić information content (AvgIpc) is 3.55. The van der Waals surface area contributed by atoms with Gasteiger partial charge in [-0.2, -0.15) is 0 Å². The Labute approximate surface area is 219 Å². The third-order valence-electron chi connectivity index (χ3n) is 6.91. The number of benzene rings is 2. The summed E-state index contributed by atoms with van der Waals surface area (Å²) in [6.07, 6.45) is 3.82. The number of hydrogen-bond donors (Lipinski definition) is 0. The molecule has 0 radical (unpaired) electrons. The van der Waals surface area contributed by atoms with E-state index in [4.69, 9.17) is 0 Å². The number of thioether (sulfide) groups is 1. The number of amides is 2. The van der Waals surface area contributed by atoms with E-state index in [1.54, 1.807) is 12.1 Å². The van der Waals surface area contributed by atoms with Crippen LogP contribution in [0.25, 0.3) is 11.8 Å². The second-order valence-corrected chi connectivity index (χ2v) is 10.5. The molecule has 2 aromatic carbocycles. The van der Waals surface area contributed by atoms with Crippen molar-refractivity contribution >= 4 is 40.4 Å². The summed E-state index contributed by atoms with van der Waals surface area (Å²) in [6.45, 7) is 7.69. The highest BCUT2D eigenvalue weighted by atomic mass is 32.2. The molecule has 2 amide bonds. The molecule has 190 valence electrons. The highest BCUT2D eigenvalue weighted by molar-refractivity contribution is 8.18. The standard InChI is InChI=1S/C28H28N4O4S/c1-18-7-6-8-21(13-18)17-30-27(33)26(37-28(30)34)15-22-14-19(2)31(20(22)3)23-9-10-24(25(16-23)32(35)36)29-11-4-5-12-29/h6-10,13-16H,4-5,11-12,17H2,1-3H3/b26-15-. The van der Waals surface area contributed by atoms with Gasteiger partial charge in [-0.3, -0.25) is 24.6 Å². The first-order valence-electron chi connectivity index (χ1n) is 12.3. The zero-order valence-corrected chi connectivity index (χ0v) is 21.9. The molecule has 0 unspecified atom stereocenters. The average molecular weight is 517 g/mol. The topological polar surface area (TPSA) is 88.7 Å². The van der Waals surface area contributed by atoms with Crippen LogP contribution < -0.4 is 4.90 Å². The molecule has 0 spiro atoms. The first kappa shape index (κ1) is 24.8. The van der Waals surface area contributed by atoms with Crippen molar-refractivity contribution in [3.63, 3.8) is 0 Å². The maximum atomic E-state index is 13.1. The van der Waals surface area contributed by atoms with Crippen LogP contribution in [-0.2, 0) is 11.3 Å². The second-order valence-electron chi connectivity index (χ2n) is 9.54. The molecule has 1 aromatic heterocycles. The van der Waals surface area contributed by atoms with Crippen molar-refractivity contribution in [1.29, 1.82) is 0 Å². The fourth-order valence-corrected chi connectivity index (χ4v) is 5.95. The number of nitro benzene ring substituents is 1. The molecule has 9 heteroatoms. The van der Waals surface area contributed by atoms with E-state index in [0.29, 0.717) is 16.3 Å². The summed E-state index contributed by atoms with van der Waals surface area (Å²) in [5.74, 6) is -0.313. The molecule has 3 heterocycles. The van der Waals surface area contributed by atoms with Crippen LogP contribution in [0.15, 0.2) is 53.4 Å². The lowest BCUT2D eigenvalue weighted by Gasteiger charge is -2.19. The molecule has 5 rings (SSSR count). The number of rotatable bonds is 6. The van der Waals surface area contributed by atoms with E-state index in [1.165, 1.54) is 4.90 Å². The lowest BCUT2D eigenvalue weighted by molar-refractivity contribution is -0.384. The van der Waals surface area contributed by atoms with Gasteiger partial charge in [-0.05, 0) is 80.8 Å². The molecule has 3 aromatic rings. The van der Waals surface area contributed by atoms with Gasteiger partial charge in [0, 0.05) is 30.5 Å². The van der Waals surface area contributed by atoms with E-state index >= 15 is 0 Å². The summed E-state index contributed by atoms with van der Waals surface area (Å²) in [7, 11) is 0. The number of carbonyl (C=O) groups is 2. The summed E-state index contributed by atoms with van der Waals surface area (Å²) in [5, 5.41) is 11.6. The molecule has 0 saturated carbocycles. The highest BCUT2D eigenvalue weighted by Crippen LogP contribution is 2.36. The van der Waals surface area contributed by atoms with Gasteiger partial charge in [-0.25, -0.2) is 0 Å². The number of nitrogens with zero attached hydrogens (tertiary/aromatic N) is 4. The Kier molecular flexibility index (Phi) is 6.64. The van der Waals surface area contributed by atoms with Crippen molar-refractivity contribution in [2.75, 3.05) is 18.0 Å². The largest absolute Gasteiger partial charge is 0.366 e. The van der Waals surface area contributed by atoms with Gasteiger partial charge in [0.05, 0.1) is 22.1 Å². The van der Waals surface area contributed by atoms with Gasteiger partial charge < -0.3 is 9.47 Å². The smallest absolute Gasteiger partial charge is 0.294 e. The Morgan fingerprint density at radius 3 is 2.49 bits per heavy atom. The van der Waals surface area contributed by atoms with E-state index in [1.807, 2.05) is 67.8 Å². The third kappa shape index (κ3) is 4.79. The number of imide groups is 1. The Hall–Kier alpha value is -3.85. The molecule has 0 N–H and O–H groups in total. The van der Waals surface area contributed by atoms with E-state index in [-0.39, 0.29) is 28.3 Å². The maximum absolute atomic E-state index is 13.1. The van der Waals surface area contributed by atoms with Crippen LogP contribution in [-0.4, -0.2) is 38.6 Å². The molecule has 8 nitrogen and oxygen atoms in total. The van der Waals surface area contributed by atoms with Crippen LogP contribution in [0, 0.1) is 30.9 Å². The van der Waals surface area contributed by atoms with E-state index in [2.05, 4.69) is 4.90 Å². The maximum Gasteiger partial charge on any atom is 0.294 e. The van der Waals surface area contributed by atoms with Crippen LogP contribution >= 0.6 is 11.8 Å². The van der Waals surface area contributed by atoms with Crippen LogP contribution in [0.3, 0.4) is 0 Å². The van der Waals surface area contributed by atoms with Gasteiger partial charge in [0.2, 0.25) is 0 Å². The van der Waals surface area contributed by atoms with Crippen molar-refractivity contribution < 1.29 is 14.5 Å². The van der Waals surface area contributed by atoms with Gasteiger partial charge in [0.25, 0.3) is 16.8 Å². The lowest BCUT2D eigenvalue weighted by Crippen LogP contribution is -2.27. The molecular weight excluding hydrogens is 488 g/mol. The number of nitro groups is 1. The minimum atomic E-state index is -0.323. The quantitative estimate of drug-likeness (QED) is 0.222. The van der Waals surface area contributed by atoms with E-state index in [0.717, 1.165) is 65.8 Å². The van der Waals surface area contributed by atoms with Gasteiger partial charge in [-0.1, -0.05) is 29.8 Å². The Morgan fingerprint density at radius 1 is 1.03 bits per heavy atom. The molecule has 2 saturated heterocycles. The van der Waals surface area contributed by atoms with Crippen molar-refractivity contribution in [3.05, 3.63) is 91.6 Å².